The Kier molecular flexibility index (Phi) is 5.42. The van der Waals surface area contributed by atoms with Crippen LogP contribution in [-0.4, -0.2) is 29.2 Å². The van der Waals surface area contributed by atoms with Crippen molar-refractivity contribution in [2.24, 2.45) is 5.73 Å². The highest BCUT2D eigenvalue weighted by molar-refractivity contribution is 5.82. The monoisotopic (exact) mass is 200 g/mol. The summed E-state index contributed by atoms with van der Waals surface area (Å²) in [5.41, 5.74) is 5.01. The lowest BCUT2D eigenvalue weighted by molar-refractivity contribution is -0.124. The molecule has 0 saturated carbocycles. The lowest BCUT2D eigenvalue weighted by Crippen LogP contribution is -2.53. The molecule has 0 aliphatic heterocycles. The average molecular weight is 200 g/mol. The van der Waals surface area contributed by atoms with Crippen LogP contribution in [0.25, 0.3) is 0 Å². The van der Waals surface area contributed by atoms with Crippen LogP contribution in [0.15, 0.2) is 12.7 Å². The van der Waals surface area contributed by atoms with Gasteiger partial charge in [0.15, 0.2) is 0 Å². The Labute approximate surface area is 85.2 Å². The van der Waals surface area contributed by atoms with Crippen molar-refractivity contribution in [2.45, 2.75) is 38.3 Å². The first-order valence-electron chi connectivity index (χ1n) is 4.78. The van der Waals surface area contributed by atoms with E-state index in [4.69, 9.17) is 10.8 Å². The van der Waals surface area contributed by atoms with E-state index in [9.17, 15) is 4.79 Å². The lowest BCUT2D eigenvalue weighted by atomic mass is 9.99. The van der Waals surface area contributed by atoms with Gasteiger partial charge in [-0.2, -0.15) is 0 Å². The predicted octanol–water partition coefficient (Wildman–Crippen LogP) is 0.167. The van der Waals surface area contributed by atoms with Crippen LogP contribution in [0, 0.1) is 0 Å². The van der Waals surface area contributed by atoms with Crippen molar-refractivity contribution >= 4 is 5.91 Å². The number of amides is 1. The third-order valence-corrected chi connectivity index (χ3v) is 2.31. The van der Waals surface area contributed by atoms with Gasteiger partial charge in [-0.25, -0.2) is 0 Å². The number of aliphatic hydroxyl groups excluding tert-OH is 1. The van der Waals surface area contributed by atoms with E-state index in [1.54, 1.807) is 13.0 Å². The number of carbonyl (C=O) groups excluding carboxylic acids is 1. The maximum atomic E-state index is 11.5. The van der Waals surface area contributed by atoms with Crippen molar-refractivity contribution in [1.82, 2.24) is 5.32 Å². The number of hydrogen-bond acceptors (Lipinski definition) is 3. The highest BCUT2D eigenvalue weighted by Gasteiger charge is 2.25. The molecule has 14 heavy (non-hydrogen) atoms. The van der Waals surface area contributed by atoms with Gasteiger partial charge in [-0.1, -0.05) is 13.0 Å². The van der Waals surface area contributed by atoms with Gasteiger partial charge in [0, 0.05) is 0 Å². The van der Waals surface area contributed by atoms with Crippen LogP contribution in [-0.2, 0) is 4.79 Å². The summed E-state index contributed by atoms with van der Waals surface area (Å²) in [6, 6.07) is -0.579. The summed E-state index contributed by atoms with van der Waals surface area (Å²) in [4.78, 5) is 11.5. The van der Waals surface area contributed by atoms with Crippen LogP contribution in [0.5, 0.6) is 0 Å². The minimum Gasteiger partial charge on any atom is -0.394 e. The van der Waals surface area contributed by atoms with Gasteiger partial charge in [0.1, 0.15) is 0 Å². The number of hydrogen-bond donors (Lipinski definition) is 3. The molecule has 0 saturated heterocycles. The van der Waals surface area contributed by atoms with Gasteiger partial charge in [-0.3, -0.25) is 4.79 Å². The van der Waals surface area contributed by atoms with E-state index in [-0.39, 0.29) is 12.5 Å². The van der Waals surface area contributed by atoms with E-state index in [1.807, 2.05) is 6.92 Å². The fraction of sp³-hybridized carbons (Fsp3) is 0.700. The fourth-order valence-corrected chi connectivity index (χ4v) is 0.916. The normalized spacial score (nSPS) is 16.9. The average Bonchev–Trinajstić information content (AvgIpc) is 2.18. The molecule has 4 heteroatoms. The molecule has 2 unspecified atom stereocenters. The van der Waals surface area contributed by atoms with Crippen molar-refractivity contribution in [3.05, 3.63) is 12.7 Å². The zero-order chi connectivity index (χ0) is 11.2. The number of rotatable bonds is 6. The van der Waals surface area contributed by atoms with Crippen molar-refractivity contribution in [3.8, 4) is 0 Å². The van der Waals surface area contributed by atoms with Gasteiger partial charge < -0.3 is 16.2 Å². The zero-order valence-electron chi connectivity index (χ0n) is 8.92. The Morgan fingerprint density at radius 3 is 2.71 bits per heavy atom. The molecule has 0 radical (unpaired) electrons. The van der Waals surface area contributed by atoms with Crippen LogP contribution in [0.4, 0.5) is 0 Å². The number of carbonyl (C=O) groups is 1. The molecule has 0 bridgehead atoms. The van der Waals surface area contributed by atoms with Crippen molar-refractivity contribution in [2.75, 3.05) is 6.61 Å². The Bertz CT molecular complexity index is 200. The van der Waals surface area contributed by atoms with Gasteiger partial charge in [-0.05, 0) is 19.8 Å². The second-order valence-electron chi connectivity index (χ2n) is 3.69. The van der Waals surface area contributed by atoms with E-state index in [0.29, 0.717) is 12.8 Å². The zero-order valence-corrected chi connectivity index (χ0v) is 8.92. The Morgan fingerprint density at radius 2 is 2.36 bits per heavy atom. The van der Waals surface area contributed by atoms with Crippen molar-refractivity contribution in [1.29, 1.82) is 0 Å². The SMILES string of the molecule is C=CCC(N)C(=O)NC(C)(CC)CO. The highest BCUT2D eigenvalue weighted by Crippen LogP contribution is 2.07. The number of aliphatic hydroxyl groups is 1. The van der Waals surface area contributed by atoms with Gasteiger partial charge in [-0.15, -0.1) is 6.58 Å². The van der Waals surface area contributed by atoms with Gasteiger partial charge in [0.25, 0.3) is 0 Å². The second kappa shape index (κ2) is 5.78. The largest absolute Gasteiger partial charge is 0.394 e. The smallest absolute Gasteiger partial charge is 0.237 e. The van der Waals surface area contributed by atoms with Crippen LogP contribution < -0.4 is 11.1 Å². The standard InChI is InChI=1S/C10H20N2O2/c1-4-6-8(11)9(14)12-10(3,5-2)7-13/h4,8,13H,1,5-7,11H2,2-3H3,(H,12,14). The molecule has 0 aliphatic carbocycles. The summed E-state index contributed by atoms with van der Waals surface area (Å²) < 4.78 is 0. The van der Waals surface area contributed by atoms with Crippen molar-refractivity contribution in [3.63, 3.8) is 0 Å². The molecule has 0 aromatic rings. The maximum absolute atomic E-state index is 11.5. The predicted molar refractivity (Wildman–Crippen MR) is 56.7 cm³/mol. The fourth-order valence-electron chi connectivity index (χ4n) is 0.916. The molecular weight excluding hydrogens is 180 g/mol. The summed E-state index contributed by atoms with van der Waals surface area (Å²) in [5, 5.41) is 11.8. The molecule has 4 nitrogen and oxygen atoms in total. The molecular formula is C10H20N2O2. The molecule has 1 amide bonds. The molecule has 4 N–H and O–H groups in total. The molecule has 82 valence electrons. The topological polar surface area (TPSA) is 75.4 Å². The third-order valence-electron chi connectivity index (χ3n) is 2.31. The quantitative estimate of drug-likeness (QED) is 0.535. The van der Waals surface area contributed by atoms with E-state index < -0.39 is 11.6 Å². The van der Waals surface area contributed by atoms with Crippen LogP contribution in [0.2, 0.25) is 0 Å². The molecule has 0 rings (SSSR count). The first-order valence-corrected chi connectivity index (χ1v) is 4.78. The summed E-state index contributed by atoms with van der Waals surface area (Å²) in [6.45, 7) is 7.10. The second-order valence-corrected chi connectivity index (χ2v) is 3.69. The summed E-state index contributed by atoms with van der Waals surface area (Å²) in [7, 11) is 0. The van der Waals surface area contributed by atoms with Gasteiger partial charge in [0.05, 0.1) is 18.2 Å². The molecule has 0 aromatic carbocycles. The van der Waals surface area contributed by atoms with E-state index in [2.05, 4.69) is 11.9 Å². The van der Waals surface area contributed by atoms with Crippen LogP contribution >= 0.6 is 0 Å². The number of nitrogens with one attached hydrogen (secondary N) is 1. The first kappa shape index (κ1) is 13.1. The van der Waals surface area contributed by atoms with E-state index in [0.717, 1.165) is 0 Å². The minimum absolute atomic E-state index is 0.0873. The van der Waals surface area contributed by atoms with Crippen molar-refractivity contribution < 1.29 is 9.90 Å². The van der Waals surface area contributed by atoms with E-state index in [1.165, 1.54) is 0 Å². The molecule has 0 spiro atoms. The van der Waals surface area contributed by atoms with Crippen LogP contribution in [0.3, 0.4) is 0 Å². The summed E-state index contributed by atoms with van der Waals surface area (Å²) in [5.74, 6) is -0.247. The molecule has 0 aliphatic rings. The van der Waals surface area contributed by atoms with E-state index >= 15 is 0 Å². The third kappa shape index (κ3) is 3.89. The van der Waals surface area contributed by atoms with Crippen LogP contribution in [0.1, 0.15) is 26.7 Å². The molecule has 0 heterocycles. The summed E-state index contributed by atoms with van der Waals surface area (Å²) >= 11 is 0. The van der Waals surface area contributed by atoms with Gasteiger partial charge in [0.2, 0.25) is 5.91 Å². The molecule has 2 atom stereocenters. The minimum atomic E-state index is -0.579. The lowest BCUT2D eigenvalue weighted by Gasteiger charge is -2.28. The highest BCUT2D eigenvalue weighted by atomic mass is 16.3. The molecule has 0 aromatic heterocycles. The summed E-state index contributed by atoms with van der Waals surface area (Å²) in [6.07, 6.45) is 2.71. The number of nitrogens with two attached hydrogens (primary N) is 1. The molecule has 0 fully saturated rings. The van der Waals surface area contributed by atoms with Gasteiger partial charge >= 0.3 is 0 Å². The Balaban J connectivity index is 4.22. The Morgan fingerprint density at radius 1 is 1.79 bits per heavy atom. The Hall–Kier alpha value is -0.870. The maximum Gasteiger partial charge on any atom is 0.237 e. The first-order chi connectivity index (χ1) is 6.49.